The maximum Gasteiger partial charge on any atom is 0.125 e. The average Bonchev–Trinajstić information content (AvgIpc) is 2.81. The zero-order valence-electron chi connectivity index (χ0n) is 11.3. The predicted molar refractivity (Wildman–Crippen MR) is 81.2 cm³/mol. The lowest BCUT2D eigenvalue weighted by Gasteiger charge is -2.14. The van der Waals surface area contributed by atoms with Gasteiger partial charge >= 0.3 is 0 Å². The topological polar surface area (TPSA) is 9.23 Å². The van der Waals surface area contributed by atoms with E-state index in [2.05, 4.69) is 56.3 Å². The molecule has 2 aromatic rings. The molecule has 0 fully saturated rings. The van der Waals surface area contributed by atoms with Crippen LogP contribution in [0.1, 0.15) is 16.7 Å². The van der Waals surface area contributed by atoms with E-state index in [1.165, 1.54) is 21.6 Å². The Labute approximate surface area is 119 Å². The number of benzene rings is 2. The molecule has 19 heavy (non-hydrogen) atoms. The Morgan fingerprint density at radius 1 is 1.05 bits per heavy atom. The minimum absolute atomic E-state index is 0.538. The van der Waals surface area contributed by atoms with Crippen LogP contribution >= 0.6 is 11.8 Å². The van der Waals surface area contributed by atoms with E-state index in [0.717, 1.165) is 18.8 Å². The van der Waals surface area contributed by atoms with Crippen LogP contribution in [-0.4, -0.2) is 11.9 Å². The van der Waals surface area contributed by atoms with Crippen molar-refractivity contribution in [2.75, 3.05) is 6.61 Å². The van der Waals surface area contributed by atoms with Crippen LogP contribution in [0.2, 0.25) is 0 Å². The number of hydrogen-bond acceptors (Lipinski definition) is 2. The zero-order valence-corrected chi connectivity index (χ0v) is 12.2. The largest absolute Gasteiger partial charge is 0.492 e. The Bertz CT molecular complexity index is 546. The van der Waals surface area contributed by atoms with Gasteiger partial charge in [0.25, 0.3) is 0 Å². The molecule has 0 spiro atoms. The number of fused-ring (bicyclic) bond motifs is 1. The monoisotopic (exact) mass is 270 g/mol. The minimum Gasteiger partial charge on any atom is -0.492 e. The van der Waals surface area contributed by atoms with Crippen molar-refractivity contribution in [1.29, 1.82) is 0 Å². The van der Waals surface area contributed by atoms with Crippen LogP contribution in [0.3, 0.4) is 0 Å². The van der Waals surface area contributed by atoms with Crippen LogP contribution in [-0.2, 0) is 6.42 Å². The first-order valence-electron chi connectivity index (χ1n) is 6.67. The first-order valence-corrected chi connectivity index (χ1v) is 7.55. The van der Waals surface area contributed by atoms with Gasteiger partial charge in [-0.3, -0.25) is 0 Å². The molecule has 0 saturated carbocycles. The highest BCUT2D eigenvalue weighted by atomic mass is 32.2. The molecule has 2 heteroatoms. The summed E-state index contributed by atoms with van der Waals surface area (Å²) in [6.07, 6.45) is 1.12. The summed E-state index contributed by atoms with van der Waals surface area (Å²) in [7, 11) is 0. The smallest absolute Gasteiger partial charge is 0.125 e. The maximum atomic E-state index is 6.06. The molecule has 1 aliphatic rings. The quantitative estimate of drug-likeness (QED) is 0.817. The molecule has 2 aromatic carbocycles. The van der Waals surface area contributed by atoms with Crippen LogP contribution < -0.4 is 4.74 Å². The molecule has 0 aromatic heterocycles. The van der Waals surface area contributed by atoms with Gasteiger partial charge in [-0.25, -0.2) is 0 Å². The van der Waals surface area contributed by atoms with Gasteiger partial charge in [0.1, 0.15) is 12.4 Å². The van der Waals surface area contributed by atoms with Crippen LogP contribution in [0.15, 0.2) is 47.4 Å². The molecule has 0 bridgehead atoms. The molecule has 1 nitrogen and oxygen atoms in total. The molecule has 1 unspecified atom stereocenters. The fraction of sp³-hybridized carbons (Fsp3) is 0.294. The highest BCUT2D eigenvalue weighted by Gasteiger charge is 2.22. The molecule has 0 radical (unpaired) electrons. The van der Waals surface area contributed by atoms with E-state index in [-0.39, 0.29) is 0 Å². The number of para-hydroxylation sites is 1. The van der Waals surface area contributed by atoms with Gasteiger partial charge in [-0.05, 0) is 43.0 Å². The summed E-state index contributed by atoms with van der Waals surface area (Å²) < 4.78 is 6.06. The highest BCUT2D eigenvalue weighted by molar-refractivity contribution is 8.00. The Hall–Kier alpha value is -1.41. The van der Waals surface area contributed by atoms with E-state index in [0.29, 0.717) is 5.25 Å². The van der Waals surface area contributed by atoms with Crippen LogP contribution in [0.5, 0.6) is 5.75 Å². The van der Waals surface area contributed by atoms with Crippen molar-refractivity contribution in [1.82, 2.24) is 0 Å². The van der Waals surface area contributed by atoms with Gasteiger partial charge in [0.05, 0.1) is 0 Å². The highest BCUT2D eigenvalue weighted by Crippen LogP contribution is 2.37. The van der Waals surface area contributed by atoms with Crippen molar-refractivity contribution in [3.8, 4) is 5.75 Å². The number of aryl methyl sites for hydroxylation is 2. The normalized spacial score (nSPS) is 17.3. The first-order chi connectivity index (χ1) is 9.24. The van der Waals surface area contributed by atoms with Crippen LogP contribution in [0, 0.1) is 13.8 Å². The summed E-state index contributed by atoms with van der Waals surface area (Å²) in [4.78, 5) is 1.41. The number of ether oxygens (including phenoxy) is 1. The van der Waals surface area contributed by atoms with Crippen molar-refractivity contribution in [3.63, 3.8) is 0 Å². The Morgan fingerprint density at radius 3 is 2.53 bits per heavy atom. The number of rotatable bonds is 3. The molecule has 0 amide bonds. The van der Waals surface area contributed by atoms with Crippen molar-refractivity contribution in [2.24, 2.45) is 0 Å². The van der Waals surface area contributed by atoms with Gasteiger partial charge in [0.15, 0.2) is 0 Å². The lowest BCUT2D eigenvalue weighted by atomic mass is 10.1. The summed E-state index contributed by atoms with van der Waals surface area (Å²) in [5.41, 5.74) is 3.91. The van der Waals surface area contributed by atoms with Crippen LogP contribution in [0.25, 0.3) is 0 Å². The van der Waals surface area contributed by atoms with E-state index in [4.69, 9.17) is 4.74 Å². The fourth-order valence-electron chi connectivity index (χ4n) is 2.55. The predicted octanol–water partition coefficient (Wildman–Crippen LogP) is 4.40. The second kappa shape index (κ2) is 5.30. The third-order valence-electron chi connectivity index (χ3n) is 3.54. The molecular weight excluding hydrogens is 252 g/mol. The summed E-state index contributed by atoms with van der Waals surface area (Å²) in [5, 5.41) is 0.538. The van der Waals surface area contributed by atoms with Gasteiger partial charge in [0, 0.05) is 10.1 Å². The zero-order chi connectivity index (χ0) is 13.2. The average molecular weight is 270 g/mol. The van der Waals surface area contributed by atoms with E-state index < -0.39 is 0 Å². The standard InChI is InChI=1S/C17H18OS/c1-12-6-5-7-13(2)17(12)18-11-15-10-14-8-3-4-9-16(14)19-15/h3-9,15H,10-11H2,1-2H3. The summed E-state index contributed by atoms with van der Waals surface area (Å²) >= 11 is 1.94. The summed E-state index contributed by atoms with van der Waals surface area (Å²) in [6.45, 7) is 5.00. The van der Waals surface area contributed by atoms with Gasteiger partial charge in [-0.2, -0.15) is 0 Å². The van der Waals surface area contributed by atoms with Gasteiger partial charge in [-0.15, -0.1) is 11.8 Å². The van der Waals surface area contributed by atoms with Crippen LogP contribution in [0.4, 0.5) is 0 Å². The fourth-order valence-corrected chi connectivity index (χ4v) is 3.77. The SMILES string of the molecule is Cc1cccc(C)c1OCC1Cc2ccccc2S1. The number of thioether (sulfide) groups is 1. The molecule has 1 aliphatic heterocycles. The lowest BCUT2D eigenvalue weighted by Crippen LogP contribution is -2.14. The molecule has 0 aliphatic carbocycles. The lowest BCUT2D eigenvalue weighted by molar-refractivity contribution is 0.313. The second-order valence-electron chi connectivity index (χ2n) is 5.08. The van der Waals surface area contributed by atoms with Gasteiger partial charge in [0.2, 0.25) is 0 Å². The van der Waals surface area contributed by atoms with Crippen molar-refractivity contribution in [2.45, 2.75) is 30.4 Å². The Balaban J connectivity index is 1.66. The molecule has 1 heterocycles. The minimum atomic E-state index is 0.538. The van der Waals surface area contributed by atoms with E-state index in [1.807, 2.05) is 11.8 Å². The second-order valence-corrected chi connectivity index (χ2v) is 6.43. The summed E-state index contributed by atoms with van der Waals surface area (Å²) in [5.74, 6) is 1.05. The van der Waals surface area contributed by atoms with Gasteiger partial charge < -0.3 is 4.74 Å². The Kier molecular flexibility index (Phi) is 3.52. The van der Waals surface area contributed by atoms with Gasteiger partial charge in [-0.1, -0.05) is 36.4 Å². The molecule has 0 saturated heterocycles. The summed E-state index contributed by atoms with van der Waals surface area (Å²) in [6, 6.07) is 15.0. The third kappa shape index (κ3) is 2.64. The molecule has 1 atom stereocenters. The third-order valence-corrected chi connectivity index (χ3v) is 4.82. The van der Waals surface area contributed by atoms with Crippen molar-refractivity contribution in [3.05, 3.63) is 59.2 Å². The van der Waals surface area contributed by atoms with Crippen molar-refractivity contribution >= 4 is 11.8 Å². The van der Waals surface area contributed by atoms with E-state index >= 15 is 0 Å². The van der Waals surface area contributed by atoms with Crippen molar-refractivity contribution < 1.29 is 4.74 Å². The maximum absolute atomic E-state index is 6.06. The van der Waals surface area contributed by atoms with E-state index in [1.54, 1.807) is 0 Å². The Morgan fingerprint density at radius 2 is 1.79 bits per heavy atom. The molecular formula is C17H18OS. The molecule has 98 valence electrons. The number of hydrogen-bond donors (Lipinski definition) is 0. The van der Waals surface area contributed by atoms with E-state index in [9.17, 15) is 0 Å². The molecule has 3 rings (SSSR count). The first kappa shape index (κ1) is 12.6. The molecule has 0 N–H and O–H groups in total.